The topological polar surface area (TPSA) is 55.4 Å². The van der Waals surface area contributed by atoms with Crippen LogP contribution in [0.5, 0.6) is 0 Å². The Balaban J connectivity index is 0. The number of alkyl halides is 13. The van der Waals surface area contributed by atoms with Gasteiger partial charge in [-0.3, -0.25) is 0 Å². The molecule has 0 aromatic rings. The maximum Gasteiger partial charge on any atom is 0.500 e. The summed E-state index contributed by atoms with van der Waals surface area (Å²) < 4.78 is 197. The van der Waals surface area contributed by atoms with Crippen molar-refractivity contribution in [1.82, 2.24) is 0 Å². The van der Waals surface area contributed by atoms with Crippen molar-refractivity contribution in [2.75, 3.05) is 41.2 Å². The van der Waals surface area contributed by atoms with E-state index in [1.807, 2.05) is 20.8 Å². The van der Waals surface area contributed by atoms with E-state index in [4.69, 9.17) is 13.3 Å². The molecule has 0 amide bonds. The zero-order valence-corrected chi connectivity index (χ0v) is 23.1. The van der Waals surface area contributed by atoms with Crippen molar-refractivity contribution in [2.45, 2.75) is 69.0 Å². The number of rotatable bonds is 16. The smallest absolute Gasteiger partial charge is 0.377 e. The molecule has 0 aromatic heterocycles. The van der Waals surface area contributed by atoms with Gasteiger partial charge in [-0.2, -0.15) is 57.1 Å². The summed E-state index contributed by atoms with van der Waals surface area (Å²) >= 11 is 0. The highest BCUT2D eigenvalue weighted by atomic mass is 28.4. The van der Waals surface area contributed by atoms with Crippen LogP contribution in [0.4, 0.5) is 57.1 Å². The van der Waals surface area contributed by atoms with E-state index in [1.165, 1.54) is 0 Å². The summed E-state index contributed by atoms with van der Waals surface area (Å²) in [5.41, 5.74) is 0. The second-order valence-electron chi connectivity index (χ2n) is 6.95. The molecule has 0 saturated heterocycles. The van der Waals surface area contributed by atoms with Gasteiger partial charge in [-0.1, -0.05) is 0 Å². The number of halogens is 13. The fraction of sp³-hybridized carbons (Fsp3) is 1.00. The van der Waals surface area contributed by atoms with Crippen LogP contribution in [0.25, 0.3) is 0 Å². The third-order valence-corrected chi connectivity index (χ3v) is 9.13. The Morgan fingerprint density at radius 1 is 0.526 bits per heavy atom. The molecule has 0 radical (unpaired) electrons. The Bertz CT molecular complexity index is 657. The minimum atomic E-state index is -7.91. The number of hydrogen-bond acceptors (Lipinski definition) is 6. The Labute approximate surface area is 213 Å². The monoisotopic (exact) mass is 632 g/mol. The van der Waals surface area contributed by atoms with Crippen molar-refractivity contribution >= 4 is 18.3 Å². The summed E-state index contributed by atoms with van der Waals surface area (Å²) in [4.78, 5) is 0. The summed E-state index contributed by atoms with van der Waals surface area (Å²) in [6.45, 7) is 7.86. The molecule has 0 atom stereocenters. The van der Waals surface area contributed by atoms with Crippen LogP contribution < -0.4 is 0 Å². The molecule has 0 rings (SSSR count). The molecule has 21 heteroatoms. The van der Waals surface area contributed by atoms with Crippen LogP contribution in [-0.4, -0.2) is 95.3 Å². The SMILES string of the molecule is CCO[SiH](OCC)OCC.CO[Si](CCC(F)(F)C(F)(F)C(F)(F)C(F)(F)C(F)(F)C(F)(F)F)(OC)OC. The number of hydrogen-bond donors (Lipinski definition) is 0. The Kier molecular flexibility index (Phi) is 15.3. The van der Waals surface area contributed by atoms with E-state index in [0.717, 1.165) is 21.3 Å². The molecule has 0 N–H and O–H groups in total. The van der Waals surface area contributed by atoms with Crippen LogP contribution >= 0.6 is 0 Å². The molecule has 6 nitrogen and oxygen atoms in total. The lowest BCUT2D eigenvalue weighted by Crippen LogP contribution is -2.70. The van der Waals surface area contributed by atoms with Gasteiger partial charge in [0.05, 0.1) is 0 Å². The van der Waals surface area contributed by atoms with Crippen molar-refractivity contribution in [2.24, 2.45) is 0 Å². The van der Waals surface area contributed by atoms with Gasteiger partial charge in [0.2, 0.25) is 0 Å². The van der Waals surface area contributed by atoms with Gasteiger partial charge >= 0.3 is 54.1 Å². The summed E-state index contributed by atoms with van der Waals surface area (Å²) in [5.74, 6) is -37.0. The molecule has 38 heavy (non-hydrogen) atoms. The lowest BCUT2D eigenvalue weighted by Gasteiger charge is -2.40. The first kappa shape index (κ1) is 39.4. The van der Waals surface area contributed by atoms with Gasteiger partial charge in [0.25, 0.3) is 0 Å². The average molecular weight is 633 g/mol. The molecule has 0 aliphatic heterocycles. The molecule has 0 aliphatic carbocycles. The van der Waals surface area contributed by atoms with E-state index in [0.29, 0.717) is 19.8 Å². The van der Waals surface area contributed by atoms with Crippen molar-refractivity contribution in [3.63, 3.8) is 0 Å². The van der Waals surface area contributed by atoms with Crippen LogP contribution in [0.1, 0.15) is 27.2 Å². The largest absolute Gasteiger partial charge is 0.500 e. The van der Waals surface area contributed by atoms with E-state index in [1.54, 1.807) is 0 Å². The van der Waals surface area contributed by atoms with Gasteiger partial charge in [-0.25, -0.2) is 0 Å². The second kappa shape index (κ2) is 14.8. The highest BCUT2D eigenvalue weighted by Crippen LogP contribution is 2.60. The molecule has 0 heterocycles. The fourth-order valence-electron chi connectivity index (χ4n) is 2.38. The lowest BCUT2D eigenvalue weighted by molar-refractivity contribution is -0.440. The second-order valence-corrected chi connectivity index (χ2v) is 11.6. The Morgan fingerprint density at radius 2 is 0.842 bits per heavy atom. The summed E-state index contributed by atoms with van der Waals surface area (Å²) in [5, 5.41) is 0. The summed E-state index contributed by atoms with van der Waals surface area (Å²) in [6.07, 6.45) is -9.86. The normalized spacial score (nSPS) is 14.5. The van der Waals surface area contributed by atoms with Gasteiger partial charge in [0.1, 0.15) is 0 Å². The zero-order valence-electron chi connectivity index (χ0n) is 21.0. The molecule has 0 saturated carbocycles. The van der Waals surface area contributed by atoms with Gasteiger partial charge in [-0.05, 0) is 20.8 Å². The average Bonchev–Trinajstić information content (AvgIpc) is 2.80. The molecule has 232 valence electrons. The highest BCUT2D eigenvalue weighted by molar-refractivity contribution is 6.60. The van der Waals surface area contributed by atoms with Gasteiger partial charge in [0.15, 0.2) is 0 Å². The van der Waals surface area contributed by atoms with E-state index in [2.05, 4.69) is 13.3 Å². The van der Waals surface area contributed by atoms with Crippen LogP contribution in [0.3, 0.4) is 0 Å². The first-order valence-corrected chi connectivity index (χ1v) is 13.8. The Morgan fingerprint density at radius 3 is 1.11 bits per heavy atom. The fourth-order valence-corrected chi connectivity index (χ4v) is 5.22. The van der Waals surface area contributed by atoms with Crippen molar-refractivity contribution < 1.29 is 83.6 Å². The van der Waals surface area contributed by atoms with Crippen LogP contribution in [0, 0.1) is 0 Å². The minimum Gasteiger partial charge on any atom is -0.377 e. The van der Waals surface area contributed by atoms with E-state index >= 15 is 0 Å². The maximum absolute atomic E-state index is 13.6. The highest BCUT2D eigenvalue weighted by Gasteiger charge is 2.90. The minimum absolute atomic E-state index is 0.677. The van der Waals surface area contributed by atoms with E-state index < -0.39 is 66.6 Å². The van der Waals surface area contributed by atoms with Gasteiger partial charge < -0.3 is 26.6 Å². The first-order chi connectivity index (χ1) is 17.0. The van der Waals surface area contributed by atoms with Crippen molar-refractivity contribution in [3.8, 4) is 0 Å². The maximum atomic E-state index is 13.6. The lowest BCUT2D eigenvalue weighted by atomic mass is 9.93. The standard InChI is InChI=1S/C11H13F13O3Si.C6H16O3Si/c1-25-28(26-2,27-3)5-4-6(12,13)7(14,15)8(16,17)9(18,19)10(20,21)11(22,23)24;1-4-7-10(8-5-2)9-6-3/h4-5H2,1-3H3;10H,4-6H2,1-3H3. The van der Waals surface area contributed by atoms with Crippen molar-refractivity contribution in [1.29, 1.82) is 0 Å². The summed E-state index contributed by atoms with van der Waals surface area (Å²) in [7, 11) is -3.55. The van der Waals surface area contributed by atoms with E-state index in [9.17, 15) is 57.1 Å². The van der Waals surface area contributed by atoms with E-state index in [-0.39, 0.29) is 0 Å². The van der Waals surface area contributed by atoms with Crippen LogP contribution in [0.15, 0.2) is 0 Å². The summed E-state index contributed by atoms with van der Waals surface area (Å²) in [6, 6.07) is -1.39. The molecule has 0 fully saturated rings. The Hall–Kier alpha value is -0.716. The quantitative estimate of drug-likeness (QED) is 0.158. The van der Waals surface area contributed by atoms with Gasteiger partial charge in [-0.15, -0.1) is 0 Å². The van der Waals surface area contributed by atoms with Crippen LogP contribution in [0.2, 0.25) is 6.04 Å². The third kappa shape index (κ3) is 8.64. The predicted octanol–water partition coefficient (Wildman–Crippen LogP) is 5.81. The van der Waals surface area contributed by atoms with Crippen molar-refractivity contribution in [3.05, 3.63) is 0 Å². The van der Waals surface area contributed by atoms with Gasteiger partial charge in [0, 0.05) is 53.6 Å². The molecule has 0 aromatic carbocycles. The zero-order chi connectivity index (χ0) is 30.9. The first-order valence-electron chi connectivity index (χ1n) is 10.4. The third-order valence-electron chi connectivity index (χ3n) is 4.58. The molecule has 0 aliphatic rings. The predicted molar refractivity (Wildman–Crippen MR) is 109 cm³/mol. The molecule has 0 unspecified atom stereocenters. The van der Waals surface area contributed by atoms with Crippen LogP contribution in [-0.2, 0) is 26.6 Å². The molecular weight excluding hydrogens is 603 g/mol. The molecule has 0 bridgehead atoms. The molecule has 0 spiro atoms. The molecular formula is C17H29F13O6Si2.